The molecule has 1 aromatic heterocycles. The van der Waals surface area contributed by atoms with E-state index in [-0.39, 0.29) is 24.1 Å². The molecule has 0 saturated carbocycles. The maximum atomic E-state index is 13.4. The number of fused-ring (bicyclic) bond motifs is 6. The molecule has 2 unspecified atom stereocenters. The topological polar surface area (TPSA) is 62.7 Å². The summed E-state index contributed by atoms with van der Waals surface area (Å²) < 4.78 is 5.99. The van der Waals surface area contributed by atoms with Gasteiger partial charge in [-0.3, -0.25) is 4.98 Å². The molecular weight excluding hydrogens is 448 g/mol. The van der Waals surface area contributed by atoms with Gasteiger partial charge in [0.05, 0.1) is 11.1 Å². The van der Waals surface area contributed by atoms with E-state index in [1.54, 1.807) is 6.20 Å². The lowest BCUT2D eigenvalue weighted by atomic mass is 9.80. The van der Waals surface area contributed by atoms with Crippen LogP contribution >= 0.6 is 0 Å². The number of carbonyl (C=O) groups is 1. The number of rotatable bonds is 3. The first-order chi connectivity index (χ1) is 17.6. The molecule has 4 aromatic rings. The Labute approximate surface area is 210 Å². The number of ether oxygens (including phenoxy) is 1. The molecule has 5 nitrogen and oxygen atoms in total. The van der Waals surface area contributed by atoms with Gasteiger partial charge < -0.3 is 14.7 Å². The van der Waals surface area contributed by atoms with Gasteiger partial charge in [0.25, 0.3) is 0 Å². The van der Waals surface area contributed by atoms with Crippen LogP contribution in [0, 0.1) is 0 Å². The van der Waals surface area contributed by atoms with Crippen molar-refractivity contribution in [1.82, 2.24) is 9.88 Å². The Morgan fingerprint density at radius 2 is 1.58 bits per heavy atom. The molecule has 180 valence electrons. The summed E-state index contributed by atoms with van der Waals surface area (Å²) in [5, 5.41) is 12.8. The molecular formula is C31H28N2O3. The minimum absolute atomic E-state index is 0.0242. The third-order valence-corrected chi connectivity index (χ3v) is 8.46. The Kier molecular flexibility index (Phi) is 4.90. The van der Waals surface area contributed by atoms with E-state index < -0.39 is 5.60 Å². The van der Waals surface area contributed by atoms with Crippen molar-refractivity contribution in [2.45, 2.75) is 49.3 Å². The largest absolute Gasteiger partial charge is 0.448 e. The van der Waals surface area contributed by atoms with Gasteiger partial charge in [0.15, 0.2) is 0 Å². The number of aromatic nitrogens is 1. The van der Waals surface area contributed by atoms with E-state index in [4.69, 9.17) is 4.74 Å². The summed E-state index contributed by atoms with van der Waals surface area (Å²) in [4.78, 5) is 19.7. The fourth-order valence-corrected chi connectivity index (χ4v) is 6.78. The molecule has 2 fully saturated rings. The van der Waals surface area contributed by atoms with Gasteiger partial charge in [-0.2, -0.15) is 0 Å². The van der Waals surface area contributed by atoms with Crippen LogP contribution < -0.4 is 0 Å². The van der Waals surface area contributed by atoms with Gasteiger partial charge in [-0.15, -0.1) is 0 Å². The average Bonchev–Trinajstić information content (AvgIpc) is 3.39. The minimum atomic E-state index is -0.961. The van der Waals surface area contributed by atoms with E-state index in [0.29, 0.717) is 19.4 Å². The van der Waals surface area contributed by atoms with E-state index in [2.05, 4.69) is 41.4 Å². The molecule has 36 heavy (non-hydrogen) atoms. The normalized spacial score (nSPS) is 24.5. The molecule has 1 amide bonds. The maximum Gasteiger partial charge on any atom is 0.410 e. The van der Waals surface area contributed by atoms with Crippen LogP contribution in [0.15, 0.2) is 85.1 Å². The molecule has 0 spiro atoms. The molecule has 2 saturated heterocycles. The molecule has 1 aliphatic carbocycles. The van der Waals surface area contributed by atoms with E-state index in [1.165, 1.54) is 22.3 Å². The number of nitrogens with zero attached hydrogens (tertiary/aromatic N) is 2. The molecule has 3 aromatic carbocycles. The Morgan fingerprint density at radius 3 is 2.28 bits per heavy atom. The molecule has 3 heterocycles. The second kappa shape index (κ2) is 8.17. The van der Waals surface area contributed by atoms with E-state index in [0.717, 1.165) is 29.3 Å². The van der Waals surface area contributed by atoms with Gasteiger partial charge in [-0.05, 0) is 52.8 Å². The van der Waals surface area contributed by atoms with Crippen molar-refractivity contribution < 1.29 is 14.6 Å². The van der Waals surface area contributed by atoms with Gasteiger partial charge in [0.1, 0.15) is 6.61 Å². The highest BCUT2D eigenvalue weighted by Gasteiger charge is 2.50. The summed E-state index contributed by atoms with van der Waals surface area (Å²) in [5.41, 5.74) is 5.69. The predicted molar refractivity (Wildman–Crippen MR) is 139 cm³/mol. The highest BCUT2D eigenvalue weighted by molar-refractivity contribution is 5.80. The van der Waals surface area contributed by atoms with Crippen LogP contribution in [0.25, 0.3) is 22.0 Å². The molecule has 2 aliphatic heterocycles. The molecule has 1 N–H and O–H groups in total. The third-order valence-electron chi connectivity index (χ3n) is 8.46. The first kappa shape index (κ1) is 21.6. The van der Waals surface area contributed by atoms with Crippen LogP contribution in [0.1, 0.15) is 48.3 Å². The van der Waals surface area contributed by atoms with Crippen LogP contribution in [-0.4, -0.2) is 39.8 Å². The lowest BCUT2D eigenvalue weighted by molar-refractivity contribution is -0.0530. The van der Waals surface area contributed by atoms with Crippen LogP contribution in [0.4, 0.5) is 4.79 Å². The zero-order chi connectivity index (χ0) is 24.3. The first-order valence-corrected chi connectivity index (χ1v) is 12.8. The SMILES string of the molecule is O=C(OCC1c2ccccc2-c2ccccc21)N1C2CCC1CC(O)(c1ccc3cccnc3c1)C2. The van der Waals surface area contributed by atoms with Crippen molar-refractivity contribution in [3.63, 3.8) is 0 Å². The second-order valence-corrected chi connectivity index (χ2v) is 10.4. The Balaban J connectivity index is 1.09. The molecule has 3 aliphatic rings. The minimum Gasteiger partial charge on any atom is -0.448 e. The zero-order valence-corrected chi connectivity index (χ0v) is 20.0. The summed E-state index contributed by atoms with van der Waals surface area (Å²) in [6.07, 6.45) is 4.34. The van der Waals surface area contributed by atoms with Crippen molar-refractivity contribution in [1.29, 1.82) is 0 Å². The molecule has 5 heteroatoms. The summed E-state index contributed by atoms with van der Waals surface area (Å²) in [5.74, 6) is 0.0471. The summed E-state index contributed by atoms with van der Waals surface area (Å²) in [7, 11) is 0. The fourth-order valence-electron chi connectivity index (χ4n) is 6.78. The van der Waals surface area contributed by atoms with Gasteiger partial charge in [-0.25, -0.2) is 4.79 Å². The number of piperidine rings is 1. The number of hydrogen-bond acceptors (Lipinski definition) is 4. The standard InChI is InChI=1S/C31H28N2O3/c34-30(36-19-28-26-9-3-1-7-24(26)25-8-2-4-10-27(25)28)33-22-13-14-23(33)18-31(35,17-22)21-12-11-20-6-5-15-32-29(20)16-21/h1-12,15-16,22-23,28,35H,13-14,17-19H2. The average molecular weight is 477 g/mol. The van der Waals surface area contributed by atoms with E-state index in [1.807, 2.05) is 47.4 Å². The van der Waals surface area contributed by atoms with Gasteiger partial charge in [0.2, 0.25) is 0 Å². The number of amides is 1. The predicted octanol–water partition coefficient (Wildman–Crippen LogP) is 6.00. The van der Waals surface area contributed by atoms with Gasteiger partial charge in [0, 0.05) is 42.4 Å². The third kappa shape index (κ3) is 3.34. The number of carbonyl (C=O) groups excluding carboxylic acids is 1. The van der Waals surface area contributed by atoms with Crippen LogP contribution in [0.2, 0.25) is 0 Å². The van der Waals surface area contributed by atoms with Gasteiger partial charge in [-0.1, -0.05) is 66.7 Å². The summed E-state index contributed by atoms with van der Waals surface area (Å²) >= 11 is 0. The number of hydrogen-bond donors (Lipinski definition) is 1. The lowest BCUT2D eigenvalue weighted by Gasteiger charge is -2.43. The van der Waals surface area contributed by atoms with Crippen molar-refractivity contribution in [3.05, 3.63) is 102 Å². The number of benzene rings is 3. The summed E-state index contributed by atoms with van der Waals surface area (Å²) in [6.45, 7) is 0.323. The van der Waals surface area contributed by atoms with E-state index in [9.17, 15) is 9.90 Å². The Hall–Kier alpha value is -3.70. The molecule has 2 atom stereocenters. The molecule has 7 rings (SSSR count). The van der Waals surface area contributed by atoms with Crippen molar-refractivity contribution in [3.8, 4) is 11.1 Å². The number of pyridine rings is 1. The smallest absolute Gasteiger partial charge is 0.410 e. The van der Waals surface area contributed by atoms with Gasteiger partial charge >= 0.3 is 6.09 Å². The highest BCUT2D eigenvalue weighted by atomic mass is 16.6. The Morgan fingerprint density at radius 1 is 0.917 bits per heavy atom. The van der Waals surface area contributed by atoms with Crippen LogP contribution in [0.3, 0.4) is 0 Å². The quantitative estimate of drug-likeness (QED) is 0.394. The van der Waals surface area contributed by atoms with Crippen molar-refractivity contribution >= 4 is 17.0 Å². The maximum absolute atomic E-state index is 13.4. The first-order valence-electron chi connectivity index (χ1n) is 12.8. The Bertz CT molecular complexity index is 1420. The molecule has 2 bridgehead atoms. The van der Waals surface area contributed by atoms with Crippen molar-refractivity contribution in [2.75, 3.05) is 6.61 Å². The van der Waals surface area contributed by atoms with E-state index >= 15 is 0 Å². The molecule has 0 radical (unpaired) electrons. The fraction of sp³-hybridized carbons (Fsp3) is 0.290. The monoisotopic (exact) mass is 476 g/mol. The van der Waals surface area contributed by atoms with Crippen LogP contribution in [-0.2, 0) is 10.3 Å². The number of aliphatic hydroxyl groups is 1. The highest BCUT2D eigenvalue weighted by Crippen LogP contribution is 2.47. The van der Waals surface area contributed by atoms with Crippen molar-refractivity contribution in [2.24, 2.45) is 0 Å². The van der Waals surface area contributed by atoms with Crippen LogP contribution in [0.5, 0.6) is 0 Å². The summed E-state index contributed by atoms with van der Waals surface area (Å²) in [6, 6.07) is 26.7. The lowest BCUT2D eigenvalue weighted by Crippen LogP contribution is -2.52. The second-order valence-electron chi connectivity index (χ2n) is 10.4. The zero-order valence-electron chi connectivity index (χ0n) is 20.0.